The molecule has 19 heavy (non-hydrogen) atoms. The van der Waals surface area contributed by atoms with E-state index in [1.54, 1.807) is 6.20 Å². The minimum absolute atomic E-state index is 0.188. The second-order valence-electron chi connectivity index (χ2n) is 3.93. The third kappa shape index (κ3) is 3.25. The lowest BCUT2D eigenvalue weighted by Gasteiger charge is -2.07. The Morgan fingerprint density at radius 2 is 2.16 bits per heavy atom. The summed E-state index contributed by atoms with van der Waals surface area (Å²) in [6, 6.07) is 1.94. The number of anilines is 1. The van der Waals surface area contributed by atoms with Crippen LogP contribution in [-0.4, -0.2) is 28.0 Å². The van der Waals surface area contributed by atoms with Crippen molar-refractivity contribution >= 4 is 11.8 Å². The number of aromatic nitrogens is 3. The molecule has 0 aromatic carbocycles. The smallest absolute Gasteiger partial charge is 0.358 e. The number of aryl methyl sites for hydroxylation is 1. The first kappa shape index (κ1) is 12.9. The summed E-state index contributed by atoms with van der Waals surface area (Å²) in [5.74, 6) is 0.105. The fraction of sp³-hybridized carbons (Fsp3) is 0.231. The summed E-state index contributed by atoms with van der Waals surface area (Å²) in [5, 5.41) is 3.13. The zero-order chi connectivity index (χ0) is 13.7. The van der Waals surface area contributed by atoms with Crippen LogP contribution in [0.25, 0.3) is 0 Å². The number of hydrogen-bond donors (Lipinski definition) is 1. The number of nitrogens with zero attached hydrogens (tertiary/aromatic N) is 3. The summed E-state index contributed by atoms with van der Waals surface area (Å²) in [7, 11) is 1.31. The lowest BCUT2D eigenvalue weighted by atomic mass is 10.1. The summed E-state index contributed by atoms with van der Waals surface area (Å²) in [6.45, 7) is 2.62. The number of rotatable bonds is 4. The van der Waals surface area contributed by atoms with Crippen LogP contribution in [0.15, 0.2) is 30.9 Å². The van der Waals surface area contributed by atoms with Gasteiger partial charge in [0.15, 0.2) is 5.69 Å². The molecule has 0 unspecified atom stereocenters. The van der Waals surface area contributed by atoms with E-state index in [2.05, 4.69) is 25.0 Å². The van der Waals surface area contributed by atoms with Crippen LogP contribution >= 0.6 is 0 Å². The lowest BCUT2D eigenvalue weighted by Crippen LogP contribution is -2.07. The second kappa shape index (κ2) is 5.90. The molecule has 98 valence electrons. The van der Waals surface area contributed by atoms with Gasteiger partial charge in [-0.1, -0.05) is 0 Å². The number of esters is 1. The minimum Gasteiger partial charge on any atom is -0.464 e. The highest BCUT2D eigenvalue weighted by atomic mass is 16.5. The van der Waals surface area contributed by atoms with E-state index in [9.17, 15) is 4.79 Å². The van der Waals surface area contributed by atoms with E-state index in [0.29, 0.717) is 12.4 Å². The monoisotopic (exact) mass is 258 g/mol. The summed E-state index contributed by atoms with van der Waals surface area (Å²) in [6.07, 6.45) is 6.44. The molecule has 2 heterocycles. The molecule has 0 fully saturated rings. The highest BCUT2D eigenvalue weighted by Crippen LogP contribution is 2.08. The SMILES string of the molecule is COC(=O)c1cnc(NCc2ccncc2C)cn1. The van der Waals surface area contributed by atoms with E-state index >= 15 is 0 Å². The van der Waals surface area contributed by atoms with Crippen LogP contribution in [0.1, 0.15) is 21.6 Å². The predicted octanol–water partition coefficient (Wildman–Crippen LogP) is 1.58. The largest absolute Gasteiger partial charge is 0.464 e. The molecule has 0 amide bonds. The van der Waals surface area contributed by atoms with Crippen LogP contribution < -0.4 is 5.32 Å². The molecule has 0 radical (unpaired) electrons. The highest BCUT2D eigenvalue weighted by molar-refractivity contribution is 5.86. The molecule has 0 aliphatic carbocycles. The van der Waals surface area contributed by atoms with Gasteiger partial charge in [0.25, 0.3) is 0 Å². The Balaban J connectivity index is 2.01. The molecule has 0 atom stereocenters. The van der Waals surface area contributed by atoms with Gasteiger partial charge in [-0.15, -0.1) is 0 Å². The van der Waals surface area contributed by atoms with E-state index in [-0.39, 0.29) is 5.69 Å². The maximum absolute atomic E-state index is 11.2. The van der Waals surface area contributed by atoms with Gasteiger partial charge in [-0.3, -0.25) is 4.98 Å². The van der Waals surface area contributed by atoms with Gasteiger partial charge < -0.3 is 10.1 Å². The Morgan fingerprint density at radius 3 is 2.79 bits per heavy atom. The predicted molar refractivity (Wildman–Crippen MR) is 69.7 cm³/mol. The summed E-state index contributed by atoms with van der Waals surface area (Å²) in [5.41, 5.74) is 2.43. The molecule has 1 N–H and O–H groups in total. The molecule has 0 spiro atoms. The maximum atomic E-state index is 11.2. The van der Waals surface area contributed by atoms with Gasteiger partial charge in [0.05, 0.1) is 19.5 Å². The molecular weight excluding hydrogens is 244 g/mol. The Bertz CT molecular complexity index is 569. The molecule has 0 saturated heterocycles. The van der Waals surface area contributed by atoms with E-state index in [1.165, 1.54) is 19.5 Å². The fourth-order valence-electron chi connectivity index (χ4n) is 1.52. The number of methoxy groups -OCH3 is 1. The average molecular weight is 258 g/mol. The Kier molecular flexibility index (Phi) is 4.02. The molecule has 2 aromatic rings. The van der Waals surface area contributed by atoms with Gasteiger partial charge in [0.2, 0.25) is 0 Å². The van der Waals surface area contributed by atoms with Crippen molar-refractivity contribution in [3.05, 3.63) is 47.7 Å². The van der Waals surface area contributed by atoms with Crippen molar-refractivity contribution in [2.45, 2.75) is 13.5 Å². The normalized spacial score (nSPS) is 10.0. The number of carbonyl (C=O) groups is 1. The van der Waals surface area contributed by atoms with Crippen LogP contribution in [0.4, 0.5) is 5.82 Å². The third-order valence-electron chi connectivity index (χ3n) is 2.64. The number of ether oxygens (including phenoxy) is 1. The van der Waals surface area contributed by atoms with Crippen molar-refractivity contribution in [1.82, 2.24) is 15.0 Å². The average Bonchev–Trinajstić information content (AvgIpc) is 2.46. The topological polar surface area (TPSA) is 77.0 Å². The van der Waals surface area contributed by atoms with Gasteiger partial charge in [-0.25, -0.2) is 14.8 Å². The number of carbonyl (C=O) groups excluding carboxylic acids is 1. The van der Waals surface area contributed by atoms with E-state index in [0.717, 1.165) is 11.1 Å². The molecular formula is C13H14N4O2. The molecule has 0 aliphatic heterocycles. The van der Waals surface area contributed by atoms with Crippen molar-refractivity contribution < 1.29 is 9.53 Å². The summed E-state index contributed by atoms with van der Waals surface area (Å²) < 4.78 is 4.55. The van der Waals surface area contributed by atoms with Gasteiger partial charge in [0.1, 0.15) is 5.82 Å². The Labute approximate surface area is 110 Å². The molecule has 6 heteroatoms. The molecule has 2 rings (SSSR count). The Hall–Kier alpha value is -2.50. The zero-order valence-electron chi connectivity index (χ0n) is 10.8. The first-order valence-electron chi connectivity index (χ1n) is 5.74. The van der Waals surface area contributed by atoms with Crippen LogP contribution in [0.3, 0.4) is 0 Å². The van der Waals surface area contributed by atoms with E-state index in [4.69, 9.17) is 0 Å². The van der Waals surface area contributed by atoms with E-state index in [1.807, 2.05) is 19.2 Å². The quantitative estimate of drug-likeness (QED) is 0.839. The fourth-order valence-corrected chi connectivity index (χ4v) is 1.52. The van der Waals surface area contributed by atoms with Crippen molar-refractivity contribution in [2.24, 2.45) is 0 Å². The lowest BCUT2D eigenvalue weighted by molar-refractivity contribution is 0.0593. The molecule has 0 bridgehead atoms. The first-order chi connectivity index (χ1) is 9.20. The van der Waals surface area contributed by atoms with Crippen molar-refractivity contribution in [1.29, 1.82) is 0 Å². The molecule has 0 aliphatic rings. The number of nitrogens with one attached hydrogen (secondary N) is 1. The van der Waals surface area contributed by atoms with Gasteiger partial charge >= 0.3 is 5.97 Å². The number of hydrogen-bond acceptors (Lipinski definition) is 6. The van der Waals surface area contributed by atoms with Crippen molar-refractivity contribution in [2.75, 3.05) is 12.4 Å². The van der Waals surface area contributed by atoms with Gasteiger partial charge in [0, 0.05) is 18.9 Å². The first-order valence-corrected chi connectivity index (χ1v) is 5.74. The van der Waals surface area contributed by atoms with Crippen LogP contribution in [0.2, 0.25) is 0 Å². The highest BCUT2D eigenvalue weighted by Gasteiger charge is 2.07. The van der Waals surface area contributed by atoms with Crippen molar-refractivity contribution in [3.8, 4) is 0 Å². The van der Waals surface area contributed by atoms with Crippen LogP contribution in [0.5, 0.6) is 0 Å². The second-order valence-corrected chi connectivity index (χ2v) is 3.93. The number of pyridine rings is 1. The van der Waals surface area contributed by atoms with E-state index < -0.39 is 5.97 Å². The van der Waals surface area contributed by atoms with Gasteiger partial charge in [-0.05, 0) is 24.1 Å². The summed E-state index contributed by atoms with van der Waals surface area (Å²) in [4.78, 5) is 23.3. The molecule has 0 saturated carbocycles. The van der Waals surface area contributed by atoms with Crippen LogP contribution in [0, 0.1) is 6.92 Å². The van der Waals surface area contributed by atoms with Crippen LogP contribution in [-0.2, 0) is 11.3 Å². The molecule has 6 nitrogen and oxygen atoms in total. The summed E-state index contributed by atoms with van der Waals surface area (Å²) >= 11 is 0. The van der Waals surface area contributed by atoms with Crippen molar-refractivity contribution in [3.63, 3.8) is 0 Å². The Morgan fingerprint density at radius 1 is 1.32 bits per heavy atom. The van der Waals surface area contributed by atoms with Gasteiger partial charge in [-0.2, -0.15) is 0 Å². The zero-order valence-corrected chi connectivity index (χ0v) is 10.8. The molecule has 2 aromatic heterocycles. The standard InChI is InChI=1S/C13H14N4O2/c1-9-5-14-4-3-10(9)6-16-12-8-15-11(7-17-12)13(18)19-2/h3-5,7-8H,6H2,1-2H3,(H,16,17). The minimum atomic E-state index is -0.496. The third-order valence-corrected chi connectivity index (χ3v) is 2.64. The maximum Gasteiger partial charge on any atom is 0.358 e.